The summed E-state index contributed by atoms with van der Waals surface area (Å²) in [5.41, 5.74) is -4.06. The minimum atomic E-state index is -5.16. The van der Waals surface area contributed by atoms with Crippen LogP contribution >= 0.6 is 0 Å². The molecule has 0 fully saturated rings. The summed E-state index contributed by atoms with van der Waals surface area (Å²) in [5, 5.41) is 0. The second-order valence-corrected chi connectivity index (χ2v) is 9.35. The monoisotopic (exact) mass is 533 g/mol. The fraction of sp³-hybridized carbons (Fsp3) is 0.308. The molecule has 3 aromatic rings. The highest BCUT2D eigenvalue weighted by molar-refractivity contribution is 7.07. The maximum Gasteiger partial charge on any atom is 0.416 e. The Morgan fingerprint density at radius 2 is 0.946 bits per heavy atom. The summed E-state index contributed by atoms with van der Waals surface area (Å²) in [4.78, 5) is 0. The average molecular weight is 533 g/mol. The summed E-state index contributed by atoms with van der Waals surface area (Å²) in [7, 11) is 0. The van der Waals surface area contributed by atoms with Crippen molar-refractivity contribution in [2.45, 2.75) is 52.3 Å². The zero-order valence-corrected chi connectivity index (χ0v) is 20.2. The van der Waals surface area contributed by atoms with Crippen molar-refractivity contribution in [3.05, 3.63) is 88.5 Å². The van der Waals surface area contributed by atoms with Gasteiger partial charge in [0.15, 0.2) is 6.35 Å². The first-order valence-electron chi connectivity index (χ1n) is 11.2. The molecule has 3 rings (SSSR count). The van der Waals surface area contributed by atoms with E-state index in [1.165, 1.54) is 39.0 Å². The molecule has 1 unspecified atom stereocenters. The molecule has 0 aromatic heterocycles. The van der Waals surface area contributed by atoms with Crippen LogP contribution in [0, 0.1) is 13.8 Å². The van der Waals surface area contributed by atoms with E-state index in [0.717, 1.165) is 17.7 Å². The molecule has 0 radical (unpaired) electrons. The van der Waals surface area contributed by atoms with Crippen LogP contribution in [0.15, 0.2) is 60.7 Å². The Kier molecular flexibility index (Phi) is 7.53. The van der Waals surface area contributed by atoms with Gasteiger partial charge in [0, 0.05) is 6.10 Å². The SMILES string of the molecule is Cc1ccc([B-](OC(C)C)(c2cc(C)cc(C(F)(F)F)c2)c2cc(C(F)(F)F)cc(C(F)(F)F)c2)cc1. The minimum Gasteiger partial charge on any atom is -0.577 e. The van der Waals surface area contributed by atoms with E-state index in [1.54, 1.807) is 19.1 Å². The molecule has 0 spiro atoms. The third-order valence-electron chi connectivity index (χ3n) is 6.00. The first kappa shape index (κ1) is 28.6. The molecule has 3 aromatic carbocycles. The number of aryl methyl sites for hydroxylation is 2. The highest BCUT2D eigenvalue weighted by atomic mass is 19.4. The fourth-order valence-corrected chi connectivity index (χ4v) is 4.48. The molecule has 1 nitrogen and oxygen atoms in total. The van der Waals surface area contributed by atoms with E-state index in [1.807, 2.05) is 0 Å². The smallest absolute Gasteiger partial charge is 0.416 e. The van der Waals surface area contributed by atoms with Gasteiger partial charge in [0.2, 0.25) is 0 Å². The number of hydrogen-bond donors (Lipinski definition) is 0. The van der Waals surface area contributed by atoms with Gasteiger partial charge in [-0.15, -0.1) is 0 Å². The molecular formula is C26H23BF9O-. The third-order valence-corrected chi connectivity index (χ3v) is 6.00. The summed E-state index contributed by atoms with van der Waals surface area (Å²) in [6, 6.07) is 9.91. The van der Waals surface area contributed by atoms with Crippen molar-refractivity contribution < 1.29 is 44.2 Å². The molecular weight excluding hydrogens is 510 g/mol. The van der Waals surface area contributed by atoms with Gasteiger partial charge in [-0.3, -0.25) is 0 Å². The van der Waals surface area contributed by atoms with Crippen LogP contribution in [0.4, 0.5) is 39.5 Å². The molecule has 0 N–H and O–H groups in total. The highest BCUT2D eigenvalue weighted by Gasteiger charge is 2.41. The first-order valence-corrected chi connectivity index (χ1v) is 11.2. The Hall–Kier alpha value is -2.95. The van der Waals surface area contributed by atoms with Crippen molar-refractivity contribution in [1.82, 2.24) is 0 Å². The Balaban J connectivity index is 2.56. The maximum absolute atomic E-state index is 13.8. The van der Waals surface area contributed by atoms with Crippen LogP contribution in [0.1, 0.15) is 41.7 Å². The predicted octanol–water partition coefficient (Wildman–Crippen LogP) is 6.75. The van der Waals surface area contributed by atoms with Crippen molar-refractivity contribution >= 4 is 22.7 Å². The van der Waals surface area contributed by atoms with Gasteiger partial charge in [0.05, 0.1) is 16.7 Å². The molecule has 0 aliphatic carbocycles. The number of alkyl halides is 9. The Morgan fingerprint density at radius 3 is 1.35 bits per heavy atom. The largest absolute Gasteiger partial charge is 0.577 e. The lowest BCUT2D eigenvalue weighted by Crippen LogP contribution is -2.70. The van der Waals surface area contributed by atoms with Gasteiger partial charge in [-0.2, -0.15) is 55.9 Å². The van der Waals surface area contributed by atoms with Crippen LogP contribution in [0.3, 0.4) is 0 Å². The van der Waals surface area contributed by atoms with Gasteiger partial charge in [-0.05, 0) is 39.8 Å². The van der Waals surface area contributed by atoms with Gasteiger partial charge in [0.1, 0.15) is 0 Å². The number of rotatable bonds is 5. The van der Waals surface area contributed by atoms with E-state index in [4.69, 9.17) is 4.65 Å². The van der Waals surface area contributed by atoms with Gasteiger partial charge in [-0.1, -0.05) is 59.7 Å². The first-order chi connectivity index (χ1) is 16.8. The Bertz CT molecular complexity index is 1230. The summed E-state index contributed by atoms with van der Waals surface area (Å²) < 4.78 is 130. The summed E-state index contributed by atoms with van der Waals surface area (Å²) in [6.45, 7) is 6.08. The van der Waals surface area contributed by atoms with E-state index in [9.17, 15) is 39.5 Å². The van der Waals surface area contributed by atoms with Crippen LogP contribution in [0.2, 0.25) is 0 Å². The van der Waals surface area contributed by atoms with Crippen LogP contribution in [0.25, 0.3) is 0 Å². The normalized spacial score (nSPS) is 14.6. The second kappa shape index (κ2) is 9.74. The summed E-state index contributed by atoms with van der Waals surface area (Å²) in [6.07, 6.45) is -19.1. The fourth-order valence-electron chi connectivity index (χ4n) is 4.48. The minimum absolute atomic E-state index is 0.0216. The third kappa shape index (κ3) is 6.14. The number of hydrogen-bond acceptors (Lipinski definition) is 1. The molecule has 37 heavy (non-hydrogen) atoms. The van der Waals surface area contributed by atoms with E-state index in [0.29, 0.717) is 12.1 Å². The lowest BCUT2D eigenvalue weighted by Gasteiger charge is -2.46. The molecule has 0 saturated carbocycles. The zero-order valence-electron chi connectivity index (χ0n) is 20.2. The predicted molar refractivity (Wildman–Crippen MR) is 125 cm³/mol. The van der Waals surface area contributed by atoms with Crippen molar-refractivity contribution in [3.8, 4) is 0 Å². The van der Waals surface area contributed by atoms with E-state index in [-0.39, 0.29) is 22.6 Å². The van der Waals surface area contributed by atoms with Gasteiger partial charge in [-0.25, -0.2) is 0 Å². The van der Waals surface area contributed by atoms with E-state index >= 15 is 0 Å². The molecule has 0 heterocycles. The molecule has 0 saturated heterocycles. The molecule has 0 aliphatic rings. The van der Waals surface area contributed by atoms with Crippen LogP contribution in [-0.2, 0) is 23.2 Å². The topological polar surface area (TPSA) is 9.23 Å². The van der Waals surface area contributed by atoms with Crippen molar-refractivity contribution in [3.63, 3.8) is 0 Å². The van der Waals surface area contributed by atoms with Crippen LogP contribution in [0.5, 0.6) is 0 Å². The maximum atomic E-state index is 13.8. The van der Waals surface area contributed by atoms with Crippen molar-refractivity contribution in [2.24, 2.45) is 0 Å². The standard InChI is InChI=1S/C26H23BF9O/c1-15(2)37-27(21-7-5-16(3)6-8-21,22-10-17(4)9-18(12-22)24(28,29)30)23-13-19(25(31,32)33)11-20(14-23)26(34,35)36/h5-15H,1-4H3/q-1. The molecule has 200 valence electrons. The lowest BCUT2D eigenvalue weighted by atomic mass is 9.28. The number of halogens is 9. The second-order valence-electron chi connectivity index (χ2n) is 9.35. The van der Waals surface area contributed by atoms with E-state index < -0.39 is 53.1 Å². The highest BCUT2D eigenvalue weighted by Crippen LogP contribution is 2.36. The molecule has 0 bridgehead atoms. The average Bonchev–Trinajstić information content (AvgIpc) is 2.75. The summed E-state index contributed by atoms with van der Waals surface area (Å²) in [5.74, 6) is 0. The van der Waals surface area contributed by atoms with Gasteiger partial charge < -0.3 is 4.65 Å². The Labute approximate surface area is 208 Å². The quantitative estimate of drug-likeness (QED) is 0.261. The van der Waals surface area contributed by atoms with E-state index in [2.05, 4.69) is 0 Å². The van der Waals surface area contributed by atoms with Crippen molar-refractivity contribution in [2.75, 3.05) is 0 Å². The molecule has 0 amide bonds. The Morgan fingerprint density at radius 1 is 0.541 bits per heavy atom. The molecule has 11 heteroatoms. The van der Waals surface area contributed by atoms with Gasteiger partial charge in [0.25, 0.3) is 0 Å². The van der Waals surface area contributed by atoms with Crippen LogP contribution in [-0.4, -0.2) is 12.5 Å². The van der Waals surface area contributed by atoms with Gasteiger partial charge >= 0.3 is 18.5 Å². The summed E-state index contributed by atoms with van der Waals surface area (Å²) >= 11 is 0. The zero-order chi connectivity index (χ0) is 28.0. The molecule has 0 aliphatic heterocycles. The number of benzene rings is 3. The van der Waals surface area contributed by atoms with Crippen molar-refractivity contribution in [1.29, 1.82) is 0 Å². The lowest BCUT2D eigenvalue weighted by molar-refractivity contribution is -0.143. The van der Waals surface area contributed by atoms with Crippen LogP contribution < -0.4 is 16.4 Å². The molecule has 1 atom stereocenters.